The number of halogens is 2. The SMILES string of the molecule is O=[N+]([O-])c1cc(Cl)c(N2CC(N3CCNCC3)C2)c(Cl)c1. The van der Waals surface area contributed by atoms with Gasteiger partial charge in [-0.2, -0.15) is 0 Å². The Morgan fingerprint density at radius 3 is 2.29 bits per heavy atom. The van der Waals surface area contributed by atoms with Crippen LogP contribution in [0, 0.1) is 10.1 Å². The Hall–Kier alpha value is -1.08. The number of non-ortho nitro benzene ring substituents is 1. The number of nitro groups is 1. The summed E-state index contributed by atoms with van der Waals surface area (Å²) in [5.41, 5.74) is 0.628. The van der Waals surface area contributed by atoms with Crippen molar-refractivity contribution in [2.24, 2.45) is 0 Å². The van der Waals surface area contributed by atoms with Gasteiger partial charge in [-0.3, -0.25) is 15.0 Å². The standard InChI is InChI=1S/C13H16Cl2N4O2/c14-11-5-9(19(20)21)6-12(15)13(11)18-7-10(8-18)17-3-1-16-2-4-17/h5-6,10,16H,1-4,7-8H2. The van der Waals surface area contributed by atoms with E-state index in [0.29, 0.717) is 21.8 Å². The van der Waals surface area contributed by atoms with E-state index in [0.717, 1.165) is 39.3 Å². The second kappa shape index (κ2) is 5.96. The Balaban J connectivity index is 1.70. The molecule has 2 saturated heterocycles. The van der Waals surface area contributed by atoms with Crippen LogP contribution in [0.4, 0.5) is 11.4 Å². The molecule has 0 unspecified atom stereocenters. The van der Waals surface area contributed by atoms with E-state index in [-0.39, 0.29) is 5.69 Å². The Morgan fingerprint density at radius 2 is 1.76 bits per heavy atom. The van der Waals surface area contributed by atoms with Gasteiger partial charge in [-0.05, 0) is 0 Å². The summed E-state index contributed by atoms with van der Waals surface area (Å²) in [6, 6.07) is 3.23. The molecule has 8 heteroatoms. The number of hydrogen-bond donors (Lipinski definition) is 1. The smallest absolute Gasteiger partial charge is 0.272 e. The Bertz CT molecular complexity index is 534. The molecule has 0 aliphatic carbocycles. The zero-order chi connectivity index (χ0) is 15.0. The number of nitrogens with zero attached hydrogens (tertiary/aromatic N) is 3. The maximum atomic E-state index is 10.8. The topological polar surface area (TPSA) is 61.7 Å². The lowest BCUT2D eigenvalue weighted by Gasteiger charge is -2.48. The minimum Gasteiger partial charge on any atom is -0.366 e. The molecule has 114 valence electrons. The molecule has 1 aromatic rings. The number of nitrogens with one attached hydrogen (secondary N) is 1. The first-order valence-corrected chi connectivity index (χ1v) is 7.65. The average molecular weight is 331 g/mol. The quantitative estimate of drug-likeness (QED) is 0.678. The molecular weight excluding hydrogens is 315 g/mol. The van der Waals surface area contributed by atoms with Crippen LogP contribution in [-0.2, 0) is 0 Å². The highest BCUT2D eigenvalue weighted by molar-refractivity contribution is 6.39. The summed E-state index contributed by atoms with van der Waals surface area (Å²) >= 11 is 12.3. The van der Waals surface area contributed by atoms with Crippen LogP contribution in [0.3, 0.4) is 0 Å². The van der Waals surface area contributed by atoms with Gasteiger partial charge >= 0.3 is 0 Å². The fraction of sp³-hybridized carbons (Fsp3) is 0.538. The van der Waals surface area contributed by atoms with Gasteiger partial charge in [0.25, 0.3) is 5.69 Å². The molecular formula is C13H16Cl2N4O2. The first-order valence-electron chi connectivity index (χ1n) is 6.89. The summed E-state index contributed by atoms with van der Waals surface area (Å²) in [7, 11) is 0. The molecule has 0 radical (unpaired) electrons. The fourth-order valence-corrected chi connectivity index (χ4v) is 3.59. The maximum Gasteiger partial charge on any atom is 0.272 e. The van der Waals surface area contributed by atoms with Crippen LogP contribution < -0.4 is 10.2 Å². The highest BCUT2D eigenvalue weighted by Gasteiger charge is 2.34. The van der Waals surface area contributed by atoms with Crippen LogP contribution in [0.1, 0.15) is 0 Å². The summed E-state index contributed by atoms with van der Waals surface area (Å²) < 4.78 is 0. The lowest BCUT2D eigenvalue weighted by atomic mass is 10.0. The average Bonchev–Trinajstić information content (AvgIpc) is 2.41. The third-order valence-electron chi connectivity index (χ3n) is 4.06. The molecule has 0 amide bonds. The number of piperazine rings is 1. The molecule has 3 rings (SSSR count). The molecule has 2 aliphatic heterocycles. The van der Waals surface area contributed by atoms with Crippen LogP contribution in [-0.4, -0.2) is 55.1 Å². The number of nitro benzene ring substituents is 1. The highest BCUT2D eigenvalue weighted by atomic mass is 35.5. The molecule has 0 atom stereocenters. The Kier molecular flexibility index (Phi) is 4.21. The second-order valence-electron chi connectivity index (χ2n) is 5.36. The number of hydrogen-bond acceptors (Lipinski definition) is 5. The van der Waals surface area contributed by atoms with Gasteiger partial charge in [-0.1, -0.05) is 23.2 Å². The van der Waals surface area contributed by atoms with E-state index in [1.807, 2.05) is 0 Å². The largest absolute Gasteiger partial charge is 0.366 e. The van der Waals surface area contributed by atoms with Crippen LogP contribution in [0.15, 0.2) is 12.1 Å². The maximum absolute atomic E-state index is 10.8. The number of benzene rings is 1. The third-order valence-corrected chi connectivity index (χ3v) is 4.64. The first-order chi connectivity index (χ1) is 10.1. The van der Waals surface area contributed by atoms with E-state index in [4.69, 9.17) is 23.2 Å². The van der Waals surface area contributed by atoms with Crippen molar-refractivity contribution in [2.45, 2.75) is 6.04 Å². The van der Waals surface area contributed by atoms with Crippen molar-refractivity contribution in [3.8, 4) is 0 Å². The molecule has 6 nitrogen and oxygen atoms in total. The van der Waals surface area contributed by atoms with E-state index < -0.39 is 4.92 Å². The second-order valence-corrected chi connectivity index (χ2v) is 6.17. The normalized spacial score (nSPS) is 20.4. The van der Waals surface area contributed by atoms with Crippen molar-refractivity contribution in [2.75, 3.05) is 44.2 Å². The van der Waals surface area contributed by atoms with Crippen molar-refractivity contribution in [1.29, 1.82) is 0 Å². The Morgan fingerprint density at radius 1 is 1.19 bits per heavy atom. The first kappa shape index (κ1) is 14.8. The van der Waals surface area contributed by atoms with Crippen LogP contribution in [0.5, 0.6) is 0 Å². The molecule has 2 heterocycles. The molecule has 0 aromatic heterocycles. The van der Waals surface area contributed by atoms with E-state index in [1.54, 1.807) is 0 Å². The number of anilines is 1. The molecule has 0 spiro atoms. The molecule has 2 aliphatic rings. The van der Waals surface area contributed by atoms with Gasteiger partial charge in [-0.25, -0.2) is 0 Å². The van der Waals surface area contributed by atoms with Crippen LogP contribution in [0.2, 0.25) is 10.0 Å². The van der Waals surface area contributed by atoms with Crippen molar-refractivity contribution in [1.82, 2.24) is 10.2 Å². The van der Waals surface area contributed by atoms with Crippen molar-refractivity contribution in [3.63, 3.8) is 0 Å². The summed E-state index contributed by atoms with van der Waals surface area (Å²) in [5, 5.41) is 14.8. The van der Waals surface area contributed by atoms with Crippen molar-refractivity contribution in [3.05, 3.63) is 32.3 Å². The van der Waals surface area contributed by atoms with Gasteiger partial charge in [0.15, 0.2) is 0 Å². The lowest BCUT2D eigenvalue weighted by Crippen LogP contribution is -2.63. The van der Waals surface area contributed by atoms with E-state index in [1.165, 1.54) is 12.1 Å². The third kappa shape index (κ3) is 2.94. The zero-order valence-corrected chi connectivity index (χ0v) is 12.9. The predicted molar refractivity (Wildman–Crippen MR) is 83.6 cm³/mol. The minimum absolute atomic E-state index is 0.0760. The predicted octanol–water partition coefficient (Wildman–Crippen LogP) is 2.00. The van der Waals surface area contributed by atoms with E-state index in [2.05, 4.69) is 15.1 Å². The fourth-order valence-electron chi connectivity index (χ4n) is 2.88. The van der Waals surface area contributed by atoms with Gasteiger partial charge in [-0.15, -0.1) is 0 Å². The molecule has 1 N–H and O–H groups in total. The summed E-state index contributed by atoms with van der Waals surface area (Å²) in [4.78, 5) is 14.8. The summed E-state index contributed by atoms with van der Waals surface area (Å²) in [6.45, 7) is 5.88. The van der Waals surface area contributed by atoms with Crippen LogP contribution in [0.25, 0.3) is 0 Å². The molecule has 0 bridgehead atoms. The van der Waals surface area contributed by atoms with E-state index >= 15 is 0 Å². The van der Waals surface area contributed by atoms with Crippen LogP contribution >= 0.6 is 23.2 Å². The lowest BCUT2D eigenvalue weighted by molar-refractivity contribution is -0.384. The molecule has 0 saturated carbocycles. The summed E-state index contributed by atoms with van der Waals surface area (Å²) in [6.07, 6.45) is 0. The van der Waals surface area contributed by atoms with Crippen molar-refractivity contribution < 1.29 is 4.92 Å². The van der Waals surface area contributed by atoms with Gasteiger partial charge in [0, 0.05) is 57.4 Å². The minimum atomic E-state index is -0.485. The Labute approximate surface area is 132 Å². The van der Waals surface area contributed by atoms with Gasteiger partial charge < -0.3 is 10.2 Å². The van der Waals surface area contributed by atoms with Gasteiger partial charge in [0.05, 0.1) is 20.7 Å². The van der Waals surface area contributed by atoms with Crippen molar-refractivity contribution >= 4 is 34.6 Å². The van der Waals surface area contributed by atoms with Gasteiger partial charge in [0.2, 0.25) is 0 Å². The van der Waals surface area contributed by atoms with E-state index in [9.17, 15) is 10.1 Å². The molecule has 1 aromatic carbocycles. The summed E-state index contributed by atoms with van der Waals surface area (Å²) in [5.74, 6) is 0. The molecule has 2 fully saturated rings. The number of rotatable bonds is 3. The highest BCUT2D eigenvalue weighted by Crippen LogP contribution is 2.39. The van der Waals surface area contributed by atoms with Gasteiger partial charge in [0.1, 0.15) is 0 Å². The monoisotopic (exact) mass is 330 g/mol. The zero-order valence-electron chi connectivity index (χ0n) is 11.4. The molecule has 21 heavy (non-hydrogen) atoms.